The van der Waals surface area contributed by atoms with Gasteiger partial charge in [-0.25, -0.2) is 0 Å². The zero-order valence-electron chi connectivity index (χ0n) is 16.2. The number of halogens is 1. The van der Waals surface area contributed by atoms with E-state index in [1.807, 2.05) is 64.1 Å². The van der Waals surface area contributed by atoms with E-state index in [9.17, 15) is 9.59 Å². The fraction of sp³-hybridized carbons (Fsp3) is 0.333. The number of aryl methyl sites for hydroxylation is 3. The highest BCUT2D eigenvalue weighted by Gasteiger charge is 2.12. The summed E-state index contributed by atoms with van der Waals surface area (Å²) in [6.07, 6.45) is 0. The number of amides is 2. The van der Waals surface area contributed by atoms with Crippen molar-refractivity contribution in [1.29, 1.82) is 0 Å². The third-order valence-electron chi connectivity index (χ3n) is 4.33. The van der Waals surface area contributed by atoms with Crippen LogP contribution in [0.3, 0.4) is 0 Å². The number of nitrogens with one attached hydrogen (secondary N) is 3. The number of carbonyl (C=O) groups is 2. The lowest BCUT2D eigenvalue weighted by Gasteiger charge is -2.16. The fourth-order valence-electron chi connectivity index (χ4n) is 2.98. The van der Waals surface area contributed by atoms with Crippen molar-refractivity contribution in [2.75, 3.05) is 18.4 Å². The summed E-state index contributed by atoms with van der Waals surface area (Å²) in [6.45, 7) is 7.88. The standard InChI is InChI=1S/C21H26ClN3O2/c1-13-9-14(2)21(15(3)10-13)25-20(27)12-24-19(26)11-23-16(4)17-7-5-6-8-18(17)22/h5-10,16,23H,11-12H2,1-4H3,(H,24,26)(H,25,27). The SMILES string of the molecule is Cc1cc(C)c(NC(=O)CNC(=O)CNC(C)c2ccccc2Cl)c(C)c1. The maximum Gasteiger partial charge on any atom is 0.243 e. The number of hydrogen-bond donors (Lipinski definition) is 3. The maximum atomic E-state index is 12.1. The summed E-state index contributed by atoms with van der Waals surface area (Å²) in [4.78, 5) is 24.2. The highest BCUT2D eigenvalue weighted by atomic mass is 35.5. The van der Waals surface area contributed by atoms with E-state index in [-0.39, 0.29) is 30.9 Å². The molecule has 0 saturated carbocycles. The molecule has 0 spiro atoms. The van der Waals surface area contributed by atoms with E-state index in [1.54, 1.807) is 0 Å². The number of anilines is 1. The first kappa shape index (κ1) is 20.9. The maximum absolute atomic E-state index is 12.1. The van der Waals surface area contributed by atoms with Gasteiger partial charge in [0.05, 0.1) is 13.1 Å². The molecule has 1 unspecified atom stereocenters. The molecule has 0 aliphatic rings. The molecule has 0 aliphatic carbocycles. The Hall–Kier alpha value is -2.37. The molecule has 6 heteroatoms. The lowest BCUT2D eigenvalue weighted by molar-refractivity contribution is -0.123. The van der Waals surface area contributed by atoms with E-state index in [1.165, 1.54) is 0 Å². The molecule has 144 valence electrons. The average Bonchev–Trinajstić information content (AvgIpc) is 2.61. The summed E-state index contributed by atoms with van der Waals surface area (Å²) < 4.78 is 0. The van der Waals surface area contributed by atoms with Crippen LogP contribution >= 0.6 is 11.6 Å². The van der Waals surface area contributed by atoms with Gasteiger partial charge in [-0.3, -0.25) is 9.59 Å². The van der Waals surface area contributed by atoms with Gasteiger partial charge in [-0.05, 0) is 50.5 Å². The number of rotatable bonds is 7. The van der Waals surface area contributed by atoms with Crippen molar-refractivity contribution in [2.24, 2.45) is 0 Å². The molecule has 2 amide bonds. The molecule has 2 aromatic carbocycles. The van der Waals surface area contributed by atoms with Crippen LogP contribution in [0, 0.1) is 20.8 Å². The molecule has 0 aliphatic heterocycles. The van der Waals surface area contributed by atoms with Gasteiger partial charge in [0.2, 0.25) is 11.8 Å². The molecule has 0 bridgehead atoms. The summed E-state index contributed by atoms with van der Waals surface area (Å²) in [5, 5.41) is 9.26. The normalized spacial score (nSPS) is 11.7. The first-order valence-electron chi connectivity index (χ1n) is 8.90. The molecule has 0 radical (unpaired) electrons. The minimum absolute atomic E-state index is 0.0730. The van der Waals surface area contributed by atoms with E-state index in [2.05, 4.69) is 16.0 Å². The van der Waals surface area contributed by atoms with Gasteiger partial charge < -0.3 is 16.0 Å². The minimum Gasteiger partial charge on any atom is -0.346 e. The van der Waals surface area contributed by atoms with Crippen LogP contribution in [-0.4, -0.2) is 24.9 Å². The van der Waals surface area contributed by atoms with Crippen molar-refractivity contribution in [3.63, 3.8) is 0 Å². The quantitative estimate of drug-likeness (QED) is 0.678. The highest BCUT2D eigenvalue weighted by Crippen LogP contribution is 2.22. The smallest absolute Gasteiger partial charge is 0.243 e. The molecular formula is C21H26ClN3O2. The fourth-order valence-corrected chi connectivity index (χ4v) is 3.28. The minimum atomic E-state index is -0.252. The van der Waals surface area contributed by atoms with Gasteiger partial charge in [-0.1, -0.05) is 47.5 Å². The molecule has 0 fully saturated rings. The zero-order valence-corrected chi connectivity index (χ0v) is 16.9. The van der Waals surface area contributed by atoms with Crippen LogP contribution in [0.1, 0.15) is 35.2 Å². The Morgan fingerprint density at radius 3 is 2.26 bits per heavy atom. The molecule has 0 aromatic heterocycles. The van der Waals surface area contributed by atoms with Crippen molar-refractivity contribution >= 4 is 29.1 Å². The van der Waals surface area contributed by atoms with Crippen LogP contribution in [0.15, 0.2) is 36.4 Å². The topological polar surface area (TPSA) is 70.2 Å². The molecular weight excluding hydrogens is 362 g/mol. The Kier molecular flexibility index (Phi) is 7.39. The lowest BCUT2D eigenvalue weighted by Crippen LogP contribution is -2.39. The highest BCUT2D eigenvalue weighted by molar-refractivity contribution is 6.31. The number of carbonyl (C=O) groups excluding carboxylic acids is 2. The van der Waals surface area contributed by atoms with Gasteiger partial charge in [-0.2, -0.15) is 0 Å². The monoisotopic (exact) mass is 387 g/mol. The number of hydrogen-bond acceptors (Lipinski definition) is 3. The van der Waals surface area contributed by atoms with Crippen LogP contribution in [0.2, 0.25) is 5.02 Å². The van der Waals surface area contributed by atoms with Gasteiger partial charge in [0.25, 0.3) is 0 Å². The van der Waals surface area contributed by atoms with Gasteiger partial charge >= 0.3 is 0 Å². The molecule has 2 aromatic rings. The van der Waals surface area contributed by atoms with Crippen molar-refractivity contribution in [3.05, 3.63) is 63.7 Å². The summed E-state index contributed by atoms with van der Waals surface area (Å²) >= 11 is 6.16. The van der Waals surface area contributed by atoms with E-state index in [0.29, 0.717) is 5.02 Å². The second-order valence-corrected chi connectivity index (χ2v) is 7.13. The summed E-state index contributed by atoms with van der Waals surface area (Å²) in [7, 11) is 0. The average molecular weight is 388 g/mol. The van der Waals surface area contributed by atoms with Crippen LogP contribution in [-0.2, 0) is 9.59 Å². The van der Waals surface area contributed by atoms with Crippen molar-refractivity contribution < 1.29 is 9.59 Å². The predicted octanol–water partition coefficient (Wildman–Crippen LogP) is 3.67. The van der Waals surface area contributed by atoms with Gasteiger partial charge in [0.1, 0.15) is 0 Å². The lowest BCUT2D eigenvalue weighted by atomic mass is 10.1. The molecule has 1 atom stereocenters. The van der Waals surface area contributed by atoms with Crippen LogP contribution in [0.4, 0.5) is 5.69 Å². The first-order chi connectivity index (χ1) is 12.8. The predicted molar refractivity (Wildman–Crippen MR) is 110 cm³/mol. The van der Waals surface area contributed by atoms with Crippen LogP contribution in [0.5, 0.6) is 0 Å². The Labute approximate surface area is 165 Å². The van der Waals surface area contributed by atoms with E-state index < -0.39 is 0 Å². The van der Waals surface area contributed by atoms with Crippen LogP contribution in [0.25, 0.3) is 0 Å². The summed E-state index contributed by atoms with van der Waals surface area (Å²) in [6, 6.07) is 11.4. The molecule has 3 N–H and O–H groups in total. The second kappa shape index (κ2) is 9.53. The van der Waals surface area contributed by atoms with Crippen molar-refractivity contribution in [2.45, 2.75) is 33.7 Å². The Morgan fingerprint density at radius 2 is 1.63 bits per heavy atom. The Balaban J connectivity index is 1.80. The van der Waals surface area contributed by atoms with Gasteiger partial charge in [-0.15, -0.1) is 0 Å². The number of benzene rings is 2. The molecule has 0 saturated heterocycles. The van der Waals surface area contributed by atoms with E-state index in [0.717, 1.165) is 27.9 Å². The van der Waals surface area contributed by atoms with Crippen molar-refractivity contribution in [1.82, 2.24) is 10.6 Å². The molecule has 0 heterocycles. The van der Waals surface area contributed by atoms with Crippen LogP contribution < -0.4 is 16.0 Å². The molecule has 2 rings (SSSR count). The first-order valence-corrected chi connectivity index (χ1v) is 9.28. The molecule has 5 nitrogen and oxygen atoms in total. The van der Waals surface area contributed by atoms with E-state index >= 15 is 0 Å². The Morgan fingerprint density at radius 1 is 1.00 bits per heavy atom. The van der Waals surface area contributed by atoms with Gasteiger partial charge in [0, 0.05) is 16.8 Å². The largest absolute Gasteiger partial charge is 0.346 e. The summed E-state index contributed by atoms with van der Waals surface area (Å²) in [5.41, 5.74) is 4.88. The zero-order chi connectivity index (χ0) is 20.0. The summed E-state index contributed by atoms with van der Waals surface area (Å²) in [5.74, 6) is -0.501. The van der Waals surface area contributed by atoms with E-state index in [4.69, 9.17) is 11.6 Å². The van der Waals surface area contributed by atoms with Crippen molar-refractivity contribution in [3.8, 4) is 0 Å². The Bertz CT molecular complexity index is 813. The van der Waals surface area contributed by atoms with Gasteiger partial charge in [0.15, 0.2) is 0 Å². The second-order valence-electron chi connectivity index (χ2n) is 6.72. The molecule has 27 heavy (non-hydrogen) atoms. The third-order valence-corrected chi connectivity index (χ3v) is 4.67. The third kappa shape index (κ3) is 6.08.